The lowest BCUT2D eigenvalue weighted by Gasteiger charge is -2.15. The van der Waals surface area contributed by atoms with E-state index < -0.39 is 0 Å². The van der Waals surface area contributed by atoms with Crippen LogP contribution >= 0.6 is 22.9 Å². The summed E-state index contributed by atoms with van der Waals surface area (Å²) in [7, 11) is 1.57. The molecule has 0 unspecified atom stereocenters. The van der Waals surface area contributed by atoms with Gasteiger partial charge in [-0.15, -0.1) is 11.3 Å². The molecule has 0 aliphatic heterocycles. The minimum atomic E-state index is -0.382. The predicted octanol–water partition coefficient (Wildman–Crippen LogP) is 5.38. The summed E-state index contributed by atoms with van der Waals surface area (Å²) < 4.78 is 13.8. The van der Waals surface area contributed by atoms with Crippen molar-refractivity contribution in [2.45, 2.75) is 20.1 Å². The van der Waals surface area contributed by atoms with Gasteiger partial charge in [0.1, 0.15) is 39.8 Å². The number of aryl methyl sites for hydroxylation is 1. The number of rotatable bonds is 7. The smallest absolute Gasteiger partial charge is 0.268 e. The molecule has 0 saturated heterocycles. The van der Waals surface area contributed by atoms with E-state index in [0.717, 1.165) is 22.2 Å². The van der Waals surface area contributed by atoms with E-state index >= 15 is 0 Å². The van der Waals surface area contributed by atoms with Gasteiger partial charge in [-0.05, 0) is 49.4 Å². The van der Waals surface area contributed by atoms with E-state index in [9.17, 15) is 10.1 Å². The maximum atomic E-state index is 12.6. The van der Waals surface area contributed by atoms with E-state index in [2.05, 4.69) is 15.0 Å². The molecule has 0 radical (unpaired) electrons. The molecule has 0 spiro atoms. The molecule has 4 aromatic heterocycles. The zero-order valence-electron chi connectivity index (χ0n) is 19.9. The number of benzene rings is 1. The molecule has 8 nitrogen and oxygen atoms in total. The van der Waals surface area contributed by atoms with E-state index in [1.165, 1.54) is 22.0 Å². The molecule has 1 aromatic carbocycles. The van der Waals surface area contributed by atoms with Gasteiger partial charge >= 0.3 is 0 Å². The predicted molar refractivity (Wildman–Crippen MR) is 142 cm³/mol. The Labute approximate surface area is 221 Å². The Hall–Kier alpha value is -4.26. The molecular formula is C27H20ClN5O3S. The Morgan fingerprint density at radius 2 is 2.05 bits per heavy atom. The molecule has 0 N–H and O–H groups in total. The summed E-state index contributed by atoms with van der Waals surface area (Å²) in [5, 5.41) is 10.1. The van der Waals surface area contributed by atoms with E-state index in [1.54, 1.807) is 37.1 Å². The molecule has 0 atom stereocenters. The Kier molecular flexibility index (Phi) is 6.86. The molecule has 5 rings (SSSR count). The zero-order chi connectivity index (χ0) is 25.9. The lowest BCUT2D eigenvalue weighted by molar-refractivity contribution is 0.294. The Morgan fingerprint density at radius 3 is 2.81 bits per heavy atom. The second kappa shape index (κ2) is 10.4. The summed E-state index contributed by atoms with van der Waals surface area (Å²) in [4.78, 5) is 26.1. The summed E-state index contributed by atoms with van der Waals surface area (Å²) >= 11 is 7.77. The third kappa shape index (κ3) is 4.89. The van der Waals surface area contributed by atoms with Crippen molar-refractivity contribution in [3.8, 4) is 28.8 Å². The van der Waals surface area contributed by atoms with E-state index in [4.69, 9.17) is 21.1 Å². The number of ether oxygens (including phenoxy) is 2. The lowest BCUT2D eigenvalue weighted by atomic mass is 10.1. The first-order valence-electron chi connectivity index (χ1n) is 11.2. The van der Waals surface area contributed by atoms with Gasteiger partial charge in [0, 0.05) is 29.0 Å². The molecule has 10 heteroatoms. The Bertz CT molecular complexity index is 1720. The molecule has 0 fully saturated rings. The van der Waals surface area contributed by atoms with Crippen molar-refractivity contribution < 1.29 is 9.47 Å². The van der Waals surface area contributed by atoms with E-state index in [-0.39, 0.29) is 24.3 Å². The number of hydrogen-bond acceptors (Lipinski definition) is 8. The SMILES string of the molecule is COc1ccnc(Cn2cccc(C#N)c2=O)c1COc1ccc2nc(C)cc(-c3ncsc3Cl)c2c1. The number of methoxy groups -OCH3 is 1. The summed E-state index contributed by atoms with van der Waals surface area (Å²) in [6.45, 7) is 2.25. The van der Waals surface area contributed by atoms with Crippen LogP contribution in [0.3, 0.4) is 0 Å². The molecule has 0 saturated carbocycles. The van der Waals surface area contributed by atoms with Crippen LogP contribution in [0.4, 0.5) is 0 Å². The molecule has 0 amide bonds. The summed E-state index contributed by atoms with van der Waals surface area (Å²) in [5.41, 5.74) is 5.97. The van der Waals surface area contributed by atoms with E-state index in [1.807, 2.05) is 37.3 Å². The van der Waals surface area contributed by atoms with Crippen LogP contribution in [0.1, 0.15) is 22.5 Å². The van der Waals surface area contributed by atoms with Crippen LogP contribution in [0.15, 0.2) is 65.2 Å². The van der Waals surface area contributed by atoms with Gasteiger partial charge < -0.3 is 14.0 Å². The first-order chi connectivity index (χ1) is 18.0. The highest BCUT2D eigenvalue weighted by Gasteiger charge is 2.16. The van der Waals surface area contributed by atoms with Crippen molar-refractivity contribution in [2.75, 3.05) is 7.11 Å². The minimum absolute atomic E-state index is 0.0687. The van der Waals surface area contributed by atoms with Crippen molar-refractivity contribution in [1.29, 1.82) is 5.26 Å². The number of pyridine rings is 3. The Morgan fingerprint density at radius 1 is 1.19 bits per heavy atom. The van der Waals surface area contributed by atoms with Crippen LogP contribution in [-0.2, 0) is 13.2 Å². The fraction of sp³-hybridized carbons (Fsp3) is 0.148. The first-order valence-corrected chi connectivity index (χ1v) is 12.5. The van der Waals surface area contributed by atoms with Crippen LogP contribution in [0.5, 0.6) is 11.5 Å². The minimum Gasteiger partial charge on any atom is -0.496 e. The van der Waals surface area contributed by atoms with Crippen LogP contribution < -0.4 is 15.0 Å². The number of halogens is 1. The van der Waals surface area contributed by atoms with Gasteiger partial charge in [0.25, 0.3) is 5.56 Å². The van der Waals surface area contributed by atoms with Gasteiger partial charge in [0.2, 0.25) is 0 Å². The third-order valence-electron chi connectivity index (χ3n) is 5.85. The highest BCUT2D eigenvalue weighted by molar-refractivity contribution is 7.14. The van der Waals surface area contributed by atoms with Crippen LogP contribution in [0.2, 0.25) is 4.34 Å². The normalized spacial score (nSPS) is 10.9. The average Bonchev–Trinajstić information content (AvgIpc) is 3.34. The molecular weight excluding hydrogens is 510 g/mol. The molecule has 184 valence electrons. The maximum Gasteiger partial charge on any atom is 0.268 e. The number of fused-ring (bicyclic) bond motifs is 1. The molecule has 5 aromatic rings. The van der Waals surface area contributed by atoms with Crippen molar-refractivity contribution in [1.82, 2.24) is 19.5 Å². The zero-order valence-corrected chi connectivity index (χ0v) is 21.5. The number of thiazole rings is 1. The van der Waals surface area contributed by atoms with Crippen molar-refractivity contribution in [3.63, 3.8) is 0 Å². The topological polar surface area (TPSA) is 103 Å². The van der Waals surface area contributed by atoms with Crippen molar-refractivity contribution >= 4 is 33.8 Å². The summed E-state index contributed by atoms with van der Waals surface area (Å²) in [5.74, 6) is 1.20. The quantitative estimate of drug-likeness (QED) is 0.278. The fourth-order valence-electron chi connectivity index (χ4n) is 4.09. The number of nitriles is 1. The van der Waals surface area contributed by atoms with E-state index in [0.29, 0.717) is 32.8 Å². The second-order valence-corrected chi connectivity index (χ2v) is 9.62. The molecule has 0 aliphatic carbocycles. The molecule has 0 bridgehead atoms. The first kappa shape index (κ1) is 24.4. The largest absolute Gasteiger partial charge is 0.496 e. The van der Waals surface area contributed by atoms with Gasteiger partial charge in [-0.1, -0.05) is 11.6 Å². The monoisotopic (exact) mass is 529 g/mol. The Balaban J connectivity index is 1.49. The second-order valence-electron chi connectivity index (χ2n) is 8.16. The third-order valence-corrected chi connectivity index (χ3v) is 6.91. The van der Waals surface area contributed by atoms with Crippen LogP contribution in [0, 0.1) is 18.3 Å². The van der Waals surface area contributed by atoms with Gasteiger partial charge in [0.05, 0.1) is 35.9 Å². The number of aromatic nitrogens is 4. The molecule has 37 heavy (non-hydrogen) atoms. The van der Waals surface area contributed by atoms with Crippen molar-refractivity contribution in [2.24, 2.45) is 0 Å². The fourth-order valence-corrected chi connectivity index (χ4v) is 4.89. The summed E-state index contributed by atoms with van der Waals surface area (Å²) in [6, 6.07) is 14.4. The summed E-state index contributed by atoms with van der Waals surface area (Å²) in [6.07, 6.45) is 3.24. The average molecular weight is 530 g/mol. The molecule has 4 heterocycles. The number of hydrogen-bond donors (Lipinski definition) is 0. The van der Waals surface area contributed by atoms with Gasteiger partial charge in [-0.25, -0.2) is 4.98 Å². The molecule has 0 aliphatic rings. The lowest BCUT2D eigenvalue weighted by Crippen LogP contribution is -2.23. The highest BCUT2D eigenvalue weighted by atomic mass is 35.5. The van der Waals surface area contributed by atoms with Gasteiger partial charge in [0.15, 0.2) is 0 Å². The van der Waals surface area contributed by atoms with Crippen LogP contribution in [-0.4, -0.2) is 26.6 Å². The van der Waals surface area contributed by atoms with Crippen molar-refractivity contribution in [3.05, 3.63) is 97.6 Å². The maximum absolute atomic E-state index is 12.6. The standard InChI is InChI=1S/C27H20ClN5O3S/c1-16-10-20(25-26(28)37-15-31-25)19-11-18(5-6-22(19)32-16)36-14-21-23(30-8-7-24(21)35-2)13-33-9-3-4-17(12-29)27(33)34/h3-11,15H,13-14H2,1-2H3. The van der Waals surface area contributed by atoms with Crippen LogP contribution in [0.25, 0.3) is 22.2 Å². The number of nitrogens with zero attached hydrogens (tertiary/aromatic N) is 5. The highest BCUT2D eigenvalue weighted by Crippen LogP contribution is 2.36. The van der Waals surface area contributed by atoms with Gasteiger partial charge in [-0.3, -0.25) is 14.8 Å². The van der Waals surface area contributed by atoms with Gasteiger partial charge in [-0.2, -0.15) is 5.26 Å².